The van der Waals surface area contributed by atoms with Gasteiger partial charge in [-0.3, -0.25) is 4.79 Å². The van der Waals surface area contributed by atoms with Gasteiger partial charge >= 0.3 is 0 Å². The molecule has 1 aromatic rings. The van der Waals surface area contributed by atoms with Gasteiger partial charge in [0.15, 0.2) is 0 Å². The molecule has 154 valence electrons. The van der Waals surface area contributed by atoms with Gasteiger partial charge < -0.3 is 5.32 Å². The van der Waals surface area contributed by atoms with Crippen molar-refractivity contribution in [2.45, 2.75) is 54.4 Å². The van der Waals surface area contributed by atoms with Crippen molar-refractivity contribution < 1.29 is 4.79 Å². The number of allylic oxidation sites excluding steroid dienone is 9. The van der Waals surface area contributed by atoms with Gasteiger partial charge in [0.2, 0.25) is 5.91 Å². The molecule has 1 amide bonds. The Morgan fingerprint density at radius 1 is 1.10 bits per heavy atom. The third kappa shape index (κ3) is 7.05. The molecule has 1 atom stereocenters. The van der Waals surface area contributed by atoms with Crippen LogP contribution in [0.5, 0.6) is 0 Å². The fourth-order valence-electron chi connectivity index (χ4n) is 3.66. The number of nitrogens with one attached hydrogen (secondary N) is 1. The van der Waals surface area contributed by atoms with Gasteiger partial charge in [-0.2, -0.15) is 0 Å². The molecule has 2 rings (SSSR count). The Morgan fingerprint density at radius 2 is 1.79 bits per heavy atom. The van der Waals surface area contributed by atoms with E-state index in [0.29, 0.717) is 5.92 Å². The predicted molar refractivity (Wildman–Crippen MR) is 126 cm³/mol. The van der Waals surface area contributed by atoms with E-state index < -0.39 is 0 Å². The van der Waals surface area contributed by atoms with E-state index in [1.54, 1.807) is 6.08 Å². The standard InChI is InChI=1S/C27H35NO/c1-20(15-16-25-23(4)22(3)17-18-27(25,5)6)11-10-12-21(2)19-26(29)28-24-13-8-7-9-14-24/h7-16,19,22H,17-18H2,1-6H3,(H,28,29)/b12-10+,16-15+,20-11+,21-19+. The van der Waals surface area contributed by atoms with Gasteiger partial charge in [0, 0.05) is 11.8 Å². The first-order chi connectivity index (χ1) is 13.7. The van der Waals surface area contributed by atoms with Crippen LogP contribution < -0.4 is 5.32 Å². The molecule has 1 N–H and O–H groups in total. The van der Waals surface area contributed by atoms with Crippen molar-refractivity contribution in [3.63, 3.8) is 0 Å². The van der Waals surface area contributed by atoms with E-state index in [9.17, 15) is 4.79 Å². The summed E-state index contributed by atoms with van der Waals surface area (Å²) < 4.78 is 0. The highest BCUT2D eigenvalue weighted by Crippen LogP contribution is 2.43. The molecule has 29 heavy (non-hydrogen) atoms. The zero-order valence-corrected chi connectivity index (χ0v) is 18.8. The summed E-state index contributed by atoms with van der Waals surface area (Å²) in [6.07, 6.45) is 14.7. The van der Waals surface area contributed by atoms with Crippen LogP contribution in [0, 0.1) is 11.3 Å². The molecule has 1 aliphatic rings. The number of hydrogen-bond acceptors (Lipinski definition) is 1. The monoisotopic (exact) mass is 389 g/mol. The van der Waals surface area contributed by atoms with Crippen LogP contribution in [-0.2, 0) is 4.79 Å². The van der Waals surface area contributed by atoms with E-state index in [0.717, 1.165) is 11.3 Å². The van der Waals surface area contributed by atoms with Crippen LogP contribution in [0.3, 0.4) is 0 Å². The topological polar surface area (TPSA) is 29.1 Å². The van der Waals surface area contributed by atoms with Crippen molar-refractivity contribution in [3.8, 4) is 0 Å². The molecular weight excluding hydrogens is 354 g/mol. The average Bonchev–Trinajstić information content (AvgIpc) is 2.65. The lowest BCUT2D eigenvalue weighted by molar-refractivity contribution is -0.111. The van der Waals surface area contributed by atoms with Gasteiger partial charge in [-0.05, 0) is 68.2 Å². The number of anilines is 1. The summed E-state index contributed by atoms with van der Waals surface area (Å²) in [6, 6.07) is 9.48. The van der Waals surface area contributed by atoms with Crippen LogP contribution in [-0.4, -0.2) is 5.91 Å². The number of carbonyl (C=O) groups excluding carboxylic acids is 1. The van der Waals surface area contributed by atoms with Gasteiger partial charge in [0.25, 0.3) is 0 Å². The van der Waals surface area contributed by atoms with Crippen molar-refractivity contribution in [2.75, 3.05) is 5.32 Å². The summed E-state index contributed by atoms with van der Waals surface area (Å²) in [6.45, 7) is 13.3. The van der Waals surface area contributed by atoms with E-state index in [1.807, 2.05) is 49.4 Å². The maximum absolute atomic E-state index is 12.1. The third-order valence-corrected chi connectivity index (χ3v) is 5.73. The molecule has 0 radical (unpaired) electrons. The molecule has 2 heteroatoms. The second-order valence-corrected chi connectivity index (χ2v) is 8.77. The normalized spacial score (nSPS) is 20.6. The number of carbonyl (C=O) groups is 1. The van der Waals surface area contributed by atoms with Crippen LogP contribution in [0.25, 0.3) is 0 Å². The largest absolute Gasteiger partial charge is 0.323 e. The molecule has 0 heterocycles. The molecule has 0 aliphatic heterocycles. The van der Waals surface area contributed by atoms with Crippen LogP contribution in [0.1, 0.15) is 54.4 Å². The van der Waals surface area contributed by atoms with Gasteiger partial charge in [0.1, 0.15) is 0 Å². The van der Waals surface area contributed by atoms with Crippen LogP contribution in [0.2, 0.25) is 0 Å². The highest BCUT2D eigenvalue weighted by atomic mass is 16.1. The number of amides is 1. The van der Waals surface area contributed by atoms with Crippen LogP contribution in [0.4, 0.5) is 5.69 Å². The fraction of sp³-hybridized carbons (Fsp3) is 0.370. The molecule has 0 spiro atoms. The number of hydrogen-bond donors (Lipinski definition) is 1. The van der Waals surface area contributed by atoms with E-state index >= 15 is 0 Å². The second kappa shape index (κ2) is 10.2. The van der Waals surface area contributed by atoms with E-state index in [1.165, 1.54) is 29.6 Å². The minimum atomic E-state index is -0.116. The minimum Gasteiger partial charge on any atom is -0.323 e. The summed E-state index contributed by atoms with van der Waals surface area (Å²) in [7, 11) is 0. The van der Waals surface area contributed by atoms with E-state index in [4.69, 9.17) is 0 Å². The van der Waals surface area contributed by atoms with Crippen molar-refractivity contribution >= 4 is 11.6 Å². The van der Waals surface area contributed by atoms with Crippen molar-refractivity contribution in [1.29, 1.82) is 0 Å². The highest BCUT2D eigenvalue weighted by molar-refractivity contribution is 5.99. The Bertz CT molecular complexity index is 863. The van der Waals surface area contributed by atoms with Crippen molar-refractivity contribution in [3.05, 3.63) is 89.1 Å². The molecule has 1 unspecified atom stereocenters. The lowest BCUT2D eigenvalue weighted by atomic mass is 9.69. The lowest BCUT2D eigenvalue weighted by Crippen LogP contribution is -2.23. The summed E-state index contributed by atoms with van der Waals surface area (Å²) in [5.74, 6) is 0.552. The number of benzene rings is 1. The number of para-hydroxylation sites is 1. The first kappa shape index (κ1) is 22.7. The highest BCUT2D eigenvalue weighted by Gasteiger charge is 2.29. The SMILES string of the molecule is CC1=C(/C=C/C(C)=C/C=C/C(C)=C/C(=O)Nc2ccccc2)C(C)(C)CCC1C. The Balaban J connectivity index is 1.99. The van der Waals surface area contributed by atoms with E-state index in [-0.39, 0.29) is 11.3 Å². The lowest BCUT2D eigenvalue weighted by Gasteiger charge is -2.36. The summed E-state index contributed by atoms with van der Waals surface area (Å²) in [4.78, 5) is 12.1. The molecule has 2 nitrogen and oxygen atoms in total. The molecule has 0 fully saturated rings. The van der Waals surface area contributed by atoms with Gasteiger partial charge in [0.05, 0.1) is 0 Å². The minimum absolute atomic E-state index is 0.116. The third-order valence-electron chi connectivity index (χ3n) is 5.73. The Labute approximate surface area is 176 Å². The smallest absolute Gasteiger partial charge is 0.248 e. The summed E-state index contributed by atoms with van der Waals surface area (Å²) in [5, 5.41) is 2.86. The molecule has 0 bridgehead atoms. The van der Waals surface area contributed by atoms with Crippen molar-refractivity contribution in [1.82, 2.24) is 0 Å². The molecule has 1 aliphatic carbocycles. The van der Waals surface area contributed by atoms with Crippen LogP contribution >= 0.6 is 0 Å². The maximum Gasteiger partial charge on any atom is 0.248 e. The fourth-order valence-corrected chi connectivity index (χ4v) is 3.66. The predicted octanol–water partition coefficient (Wildman–Crippen LogP) is 7.40. The average molecular weight is 390 g/mol. The maximum atomic E-state index is 12.1. The molecule has 0 saturated carbocycles. The Morgan fingerprint density at radius 3 is 2.48 bits per heavy atom. The summed E-state index contributed by atoms with van der Waals surface area (Å²) in [5.41, 5.74) is 6.14. The molecule has 0 aromatic heterocycles. The van der Waals surface area contributed by atoms with E-state index in [2.05, 4.69) is 58.2 Å². The summed E-state index contributed by atoms with van der Waals surface area (Å²) >= 11 is 0. The Kier molecular flexibility index (Phi) is 8.01. The molecular formula is C27H35NO. The van der Waals surface area contributed by atoms with Gasteiger partial charge in [-0.15, -0.1) is 0 Å². The molecule has 1 aromatic carbocycles. The first-order valence-electron chi connectivity index (χ1n) is 10.5. The molecule has 0 saturated heterocycles. The van der Waals surface area contributed by atoms with Crippen molar-refractivity contribution in [2.24, 2.45) is 11.3 Å². The number of rotatable bonds is 6. The second-order valence-electron chi connectivity index (χ2n) is 8.77. The first-order valence-corrected chi connectivity index (χ1v) is 10.5. The zero-order valence-electron chi connectivity index (χ0n) is 18.8. The van der Waals surface area contributed by atoms with Crippen LogP contribution in [0.15, 0.2) is 89.1 Å². The Hall–Kier alpha value is -2.61. The zero-order chi connectivity index (χ0) is 21.4. The van der Waals surface area contributed by atoms with Gasteiger partial charge in [-0.25, -0.2) is 0 Å². The quantitative estimate of drug-likeness (QED) is 0.398. The van der Waals surface area contributed by atoms with Gasteiger partial charge in [-0.1, -0.05) is 80.5 Å².